The van der Waals surface area contributed by atoms with Crippen molar-refractivity contribution in [2.24, 2.45) is 5.92 Å². The Hall–Kier alpha value is -2.86. The number of carbonyl (C=O) groups excluding carboxylic acids is 2. The maximum Gasteiger partial charge on any atom is 0.253 e. The monoisotopic (exact) mass is 495 g/mol. The Bertz CT molecular complexity index is 1150. The van der Waals surface area contributed by atoms with Crippen LogP contribution >= 0.6 is 23.2 Å². The molecule has 0 saturated carbocycles. The average Bonchev–Trinajstić information content (AvgIpc) is 2.86. The van der Waals surface area contributed by atoms with Crippen molar-refractivity contribution in [3.8, 4) is 0 Å². The lowest BCUT2D eigenvalue weighted by Gasteiger charge is -2.31. The molecule has 1 saturated heterocycles. The Labute approximate surface area is 210 Å². The largest absolute Gasteiger partial charge is 0.348 e. The Morgan fingerprint density at radius 1 is 0.853 bits per heavy atom. The summed E-state index contributed by atoms with van der Waals surface area (Å²) in [5.41, 5.74) is 3.12. The van der Waals surface area contributed by atoms with E-state index in [9.17, 15) is 9.59 Å². The number of hydrogen-bond acceptors (Lipinski definition) is 3. The van der Waals surface area contributed by atoms with E-state index in [1.54, 1.807) is 18.2 Å². The maximum atomic E-state index is 13.0. The second kappa shape index (κ2) is 11.5. The van der Waals surface area contributed by atoms with Crippen molar-refractivity contribution in [3.05, 3.63) is 99.5 Å². The fraction of sp³-hybridized carbons (Fsp3) is 0.259. The zero-order chi connectivity index (χ0) is 23.9. The molecule has 34 heavy (non-hydrogen) atoms. The van der Waals surface area contributed by atoms with Crippen molar-refractivity contribution in [3.63, 3.8) is 0 Å². The average molecular weight is 496 g/mol. The van der Waals surface area contributed by atoms with E-state index in [0.29, 0.717) is 27.8 Å². The topological polar surface area (TPSA) is 61.4 Å². The molecule has 0 spiro atoms. The minimum atomic E-state index is -0.212. The van der Waals surface area contributed by atoms with Crippen LogP contribution in [-0.4, -0.2) is 29.8 Å². The molecule has 176 valence electrons. The van der Waals surface area contributed by atoms with Gasteiger partial charge < -0.3 is 10.6 Å². The number of rotatable bonds is 7. The Morgan fingerprint density at radius 3 is 2.29 bits per heavy atom. The highest BCUT2D eigenvalue weighted by Gasteiger charge is 2.26. The van der Waals surface area contributed by atoms with E-state index in [4.69, 9.17) is 23.2 Å². The van der Waals surface area contributed by atoms with Gasteiger partial charge in [-0.1, -0.05) is 71.7 Å². The Balaban J connectivity index is 1.31. The number of carbonyl (C=O) groups is 2. The van der Waals surface area contributed by atoms with Gasteiger partial charge in [0.2, 0.25) is 5.91 Å². The summed E-state index contributed by atoms with van der Waals surface area (Å²) < 4.78 is 0. The highest BCUT2D eigenvalue weighted by molar-refractivity contribution is 6.42. The second-order valence-corrected chi connectivity index (χ2v) is 9.32. The highest BCUT2D eigenvalue weighted by atomic mass is 35.5. The first-order valence-electron chi connectivity index (χ1n) is 11.4. The molecule has 1 fully saturated rings. The molecule has 0 unspecified atom stereocenters. The fourth-order valence-electron chi connectivity index (χ4n) is 4.15. The summed E-state index contributed by atoms with van der Waals surface area (Å²) in [7, 11) is 0. The molecule has 0 aromatic heterocycles. The summed E-state index contributed by atoms with van der Waals surface area (Å²) in [5.74, 6) is -0.348. The van der Waals surface area contributed by atoms with Crippen LogP contribution < -0.4 is 10.6 Å². The standard InChI is InChI=1S/C27H27Cl2N3O2/c28-23-11-10-20(16-24(23)29)18-32-14-12-21(13-15-32)26(33)31-25-9-5-4-8-22(25)27(34)30-17-19-6-2-1-3-7-19/h1-11,16,21H,12-15,17-18H2,(H,30,34)(H,31,33). The van der Waals surface area contributed by atoms with E-state index in [2.05, 4.69) is 15.5 Å². The molecule has 0 atom stereocenters. The lowest BCUT2D eigenvalue weighted by Crippen LogP contribution is -2.38. The van der Waals surface area contributed by atoms with Gasteiger partial charge in [-0.3, -0.25) is 14.5 Å². The number of halogens is 2. The molecule has 2 N–H and O–H groups in total. The third-order valence-electron chi connectivity index (χ3n) is 6.07. The van der Waals surface area contributed by atoms with Crippen LogP contribution in [0.2, 0.25) is 10.0 Å². The van der Waals surface area contributed by atoms with Crippen molar-refractivity contribution in [1.29, 1.82) is 0 Å². The minimum absolute atomic E-state index is 0.0440. The maximum absolute atomic E-state index is 13.0. The molecule has 3 aromatic rings. The molecule has 1 aliphatic heterocycles. The Morgan fingerprint density at radius 2 is 1.56 bits per heavy atom. The van der Waals surface area contributed by atoms with Crippen molar-refractivity contribution < 1.29 is 9.59 Å². The fourth-order valence-corrected chi connectivity index (χ4v) is 4.47. The normalized spacial score (nSPS) is 14.5. The molecule has 2 amide bonds. The van der Waals surface area contributed by atoms with E-state index in [1.165, 1.54) is 0 Å². The zero-order valence-electron chi connectivity index (χ0n) is 18.8. The number of para-hydroxylation sites is 1. The number of nitrogens with one attached hydrogen (secondary N) is 2. The van der Waals surface area contributed by atoms with E-state index < -0.39 is 0 Å². The predicted octanol–water partition coefficient (Wildman–Crippen LogP) is 5.77. The van der Waals surface area contributed by atoms with E-state index >= 15 is 0 Å². The molecule has 1 aliphatic rings. The molecule has 5 nitrogen and oxygen atoms in total. The third-order valence-corrected chi connectivity index (χ3v) is 6.81. The summed E-state index contributed by atoms with van der Waals surface area (Å²) in [6.45, 7) is 2.84. The van der Waals surface area contributed by atoms with Crippen molar-refractivity contribution in [1.82, 2.24) is 10.2 Å². The number of benzene rings is 3. The molecule has 4 rings (SSSR count). The zero-order valence-corrected chi connectivity index (χ0v) is 20.3. The molecule has 1 heterocycles. The van der Waals surface area contributed by atoms with E-state index in [-0.39, 0.29) is 17.7 Å². The number of piperidine rings is 1. The van der Waals surface area contributed by atoms with Gasteiger partial charge in [0.05, 0.1) is 21.3 Å². The van der Waals surface area contributed by atoms with Gasteiger partial charge in [-0.15, -0.1) is 0 Å². The number of likely N-dealkylation sites (tertiary alicyclic amines) is 1. The lowest BCUT2D eigenvalue weighted by molar-refractivity contribution is -0.121. The molecule has 0 radical (unpaired) electrons. The summed E-state index contributed by atoms with van der Waals surface area (Å²) in [5, 5.41) is 7.02. The van der Waals surface area contributed by atoms with Crippen molar-refractivity contribution in [2.75, 3.05) is 18.4 Å². The number of nitrogens with zero attached hydrogens (tertiary/aromatic N) is 1. The molecule has 0 bridgehead atoms. The van der Waals surface area contributed by atoms with Gasteiger partial charge in [-0.05, 0) is 61.3 Å². The van der Waals surface area contributed by atoms with Crippen LogP contribution in [0, 0.1) is 5.92 Å². The third kappa shape index (κ3) is 6.38. The van der Waals surface area contributed by atoms with Gasteiger partial charge in [-0.2, -0.15) is 0 Å². The van der Waals surface area contributed by atoms with Crippen LogP contribution in [0.5, 0.6) is 0 Å². The summed E-state index contributed by atoms with van der Waals surface area (Å²) in [6, 6.07) is 22.5. The van der Waals surface area contributed by atoms with Gasteiger partial charge in [0.25, 0.3) is 5.91 Å². The number of amides is 2. The first-order valence-corrected chi connectivity index (χ1v) is 12.1. The summed E-state index contributed by atoms with van der Waals surface area (Å²) >= 11 is 12.1. The van der Waals surface area contributed by atoms with Gasteiger partial charge in [0.1, 0.15) is 0 Å². The smallest absolute Gasteiger partial charge is 0.253 e. The molecular weight excluding hydrogens is 469 g/mol. The summed E-state index contributed by atoms with van der Waals surface area (Å²) in [6.07, 6.45) is 1.52. The molecule has 7 heteroatoms. The molecular formula is C27H27Cl2N3O2. The predicted molar refractivity (Wildman–Crippen MR) is 137 cm³/mol. The minimum Gasteiger partial charge on any atom is -0.348 e. The molecule has 0 aliphatic carbocycles. The van der Waals surface area contributed by atoms with Gasteiger partial charge in [0, 0.05) is 19.0 Å². The van der Waals surface area contributed by atoms with Crippen LogP contribution in [0.15, 0.2) is 72.8 Å². The van der Waals surface area contributed by atoms with Gasteiger partial charge in [0.15, 0.2) is 0 Å². The number of anilines is 1. The van der Waals surface area contributed by atoms with Crippen LogP contribution in [0.3, 0.4) is 0 Å². The van der Waals surface area contributed by atoms with Gasteiger partial charge >= 0.3 is 0 Å². The van der Waals surface area contributed by atoms with E-state index in [1.807, 2.05) is 54.6 Å². The number of hydrogen-bond donors (Lipinski definition) is 2. The van der Waals surface area contributed by atoms with Crippen LogP contribution in [0.25, 0.3) is 0 Å². The Kier molecular flexibility index (Phi) is 8.22. The summed E-state index contributed by atoms with van der Waals surface area (Å²) in [4.78, 5) is 28.1. The van der Waals surface area contributed by atoms with Crippen LogP contribution in [0.4, 0.5) is 5.69 Å². The lowest BCUT2D eigenvalue weighted by atomic mass is 9.95. The highest BCUT2D eigenvalue weighted by Crippen LogP contribution is 2.26. The first-order chi connectivity index (χ1) is 16.5. The van der Waals surface area contributed by atoms with Crippen LogP contribution in [-0.2, 0) is 17.9 Å². The van der Waals surface area contributed by atoms with Crippen LogP contribution in [0.1, 0.15) is 34.3 Å². The van der Waals surface area contributed by atoms with Crippen molar-refractivity contribution in [2.45, 2.75) is 25.9 Å². The quantitative estimate of drug-likeness (QED) is 0.436. The van der Waals surface area contributed by atoms with E-state index in [0.717, 1.165) is 43.6 Å². The molecule has 3 aromatic carbocycles. The van der Waals surface area contributed by atoms with Crippen molar-refractivity contribution >= 4 is 40.7 Å². The second-order valence-electron chi connectivity index (χ2n) is 8.50. The first kappa shape index (κ1) is 24.3. The SMILES string of the molecule is O=C(NCc1ccccc1)c1ccccc1NC(=O)C1CCN(Cc2ccc(Cl)c(Cl)c2)CC1. The van der Waals surface area contributed by atoms with Gasteiger partial charge in [-0.25, -0.2) is 0 Å².